The molecule has 1 heterocycles. The average Bonchev–Trinajstić information content (AvgIpc) is 2.95. The molecule has 1 N–H and O–H groups in total. The molecule has 0 fully saturated rings. The number of alkyl halides is 2. The number of benzene rings is 2. The molecular formula is C16H13F2N3OS. The van der Waals surface area contributed by atoms with Gasteiger partial charge in [-0.2, -0.15) is 13.9 Å². The molecular weight excluding hydrogens is 320 g/mol. The molecule has 118 valence electrons. The van der Waals surface area contributed by atoms with Crippen LogP contribution in [0.3, 0.4) is 0 Å². The van der Waals surface area contributed by atoms with Gasteiger partial charge in [-0.25, -0.2) is 4.98 Å². The summed E-state index contributed by atoms with van der Waals surface area (Å²) in [5.41, 5.74) is 4.78. The van der Waals surface area contributed by atoms with Gasteiger partial charge in [0, 0.05) is 5.56 Å². The normalized spacial score (nSPS) is 11.9. The lowest BCUT2D eigenvalue weighted by atomic mass is 10.1. The minimum atomic E-state index is -2.87. The molecule has 3 rings (SSSR count). The fourth-order valence-electron chi connectivity index (χ4n) is 2.08. The Kier molecular flexibility index (Phi) is 4.47. The summed E-state index contributed by atoms with van der Waals surface area (Å²) in [6, 6.07) is 14.3. The van der Waals surface area contributed by atoms with Crippen molar-refractivity contribution in [3.05, 3.63) is 54.1 Å². The van der Waals surface area contributed by atoms with Gasteiger partial charge >= 0.3 is 6.61 Å². The first kappa shape index (κ1) is 15.4. The largest absolute Gasteiger partial charge is 0.434 e. The summed E-state index contributed by atoms with van der Waals surface area (Å²) >= 11 is 1.47. The van der Waals surface area contributed by atoms with Crippen molar-refractivity contribution in [1.82, 2.24) is 4.98 Å². The molecule has 0 aliphatic carbocycles. The number of hydrogen-bond donors (Lipinski definition) is 1. The van der Waals surface area contributed by atoms with Crippen LogP contribution >= 0.6 is 11.3 Å². The summed E-state index contributed by atoms with van der Waals surface area (Å²) in [7, 11) is 0. The van der Waals surface area contributed by atoms with Gasteiger partial charge in [-0.05, 0) is 31.2 Å². The second-order valence-corrected chi connectivity index (χ2v) is 5.70. The van der Waals surface area contributed by atoms with E-state index in [1.165, 1.54) is 17.4 Å². The molecule has 0 spiro atoms. The number of hydrazone groups is 1. The van der Waals surface area contributed by atoms with Crippen LogP contribution in [0, 0.1) is 0 Å². The summed E-state index contributed by atoms with van der Waals surface area (Å²) < 4.78 is 30.5. The van der Waals surface area contributed by atoms with Crippen molar-refractivity contribution in [1.29, 1.82) is 0 Å². The smallest absolute Gasteiger partial charge is 0.387 e. The Balaban J connectivity index is 1.82. The molecule has 23 heavy (non-hydrogen) atoms. The number of ether oxygens (including phenoxy) is 1. The van der Waals surface area contributed by atoms with Crippen molar-refractivity contribution in [2.24, 2.45) is 5.10 Å². The Bertz CT molecular complexity index is 815. The van der Waals surface area contributed by atoms with Crippen molar-refractivity contribution >= 4 is 32.4 Å². The van der Waals surface area contributed by atoms with E-state index in [-0.39, 0.29) is 5.75 Å². The molecule has 1 aromatic heterocycles. The molecule has 0 saturated carbocycles. The third-order valence-corrected chi connectivity index (χ3v) is 4.05. The van der Waals surface area contributed by atoms with E-state index in [1.54, 1.807) is 25.1 Å². The maximum Gasteiger partial charge on any atom is 0.387 e. The third kappa shape index (κ3) is 3.62. The number of nitrogens with one attached hydrogen (secondary N) is 1. The van der Waals surface area contributed by atoms with E-state index in [0.717, 1.165) is 10.2 Å². The van der Waals surface area contributed by atoms with Crippen LogP contribution in [0.5, 0.6) is 5.75 Å². The van der Waals surface area contributed by atoms with Gasteiger partial charge in [0.1, 0.15) is 5.75 Å². The van der Waals surface area contributed by atoms with E-state index in [0.29, 0.717) is 16.4 Å². The number of thiazole rings is 1. The molecule has 2 aromatic carbocycles. The Morgan fingerprint density at radius 3 is 2.70 bits per heavy atom. The summed E-state index contributed by atoms with van der Waals surface area (Å²) in [5.74, 6) is 0.0925. The van der Waals surface area contributed by atoms with E-state index < -0.39 is 6.61 Å². The summed E-state index contributed by atoms with van der Waals surface area (Å²) in [6.07, 6.45) is 0. The van der Waals surface area contributed by atoms with E-state index in [1.807, 2.05) is 24.3 Å². The van der Waals surface area contributed by atoms with Crippen molar-refractivity contribution < 1.29 is 13.5 Å². The van der Waals surface area contributed by atoms with Crippen LogP contribution < -0.4 is 10.2 Å². The molecule has 0 bridgehead atoms. The topological polar surface area (TPSA) is 46.5 Å². The molecule has 0 aliphatic heterocycles. The monoisotopic (exact) mass is 333 g/mol. The minimum Gasteiger partial charge on any atom is -0.434 e. The Hall–Kier alpha value is -2.54. The highest BCUT2D eigenvalue weighted by molar-refractivity contribution is 7.22. The lowest BCUT2D eigenvalue weighted by molar-refractivity contribution is -0.0499. The standard InChI is InChI=1S/C16H13F2N3OS/c1-10(11-6-2-4-8-13(11)22-15(17)18)20-21-16-19-12-7-3-5-9-14(12)23-16/h2-9,15H,1H3,(H,19,21)/b20-10-. The second kappa shape index (κ2) is 6.70. The van der Waals surface area contributed by atoms with Crippen molar-refractivity contribution in [2.45, 2.75) is 13.5 Å². The fourth-order valence-corrected chi connectivity index (χ4v) is 2.88. The van der Waals surface area contributed by atoms with Gasteiger partial charge in [0.25, 0.3) is 0 Å². The lowest BCUT2D eigenvalue weighted by Gasteiger charge is -2.10. The number of hydrogen-bond acceptors (Lipinski definition) is 5. The Labute approximate surface area is 135 Å². The van der Waals surface area contributed by atoms with Gasteiger partial charge in [-0.15, -0.1) is 0 Å². The van der Waals surface area contributed by atoms with Gasteiger partial charge < -0.3 is 4.74 Å². The van der Waals surface area contributed by atoms with Crippen LogP contribution in [0.25, 0.3) is 10.2 Å². The average molecular weight is 333 g/mol. The molecule has 7 heteroatoms. The Morgan fingerprint density at radius 2 is 1.91 bits per heavy atom. The third-order valence-electron chi connectivity index (χ3n) is 3.11. The summed E-state index contributed by atoms with van der Waals surface area (Å²) in [6.45, 7) is -1.16. The van der Waals surface area contributed by atoms with Crippen LogP contribution in [-0.2, 0) is 0 Å². The Morgan fingerprint density at radius 1 is 1.17 bits per heavy atom. The van der Waals surface area contributed by atoms with Crippen LogP contribution in [0.1, 0.15) is 12.5 Å². The highest BCUT2D eigenvalue weighted by atomic mass is 32.1. The predicted octanol–water partition coefficient (Wildman–Crippen LogP) is 4.73. The zero-order valence-corrected chi connectivity index (χ0v) is 13.0. The van der Waals surface area contributed by atoms with Gasteiger partial charge in [-0.3, -0.25) is 5.43 Å². The summed E-state index contributed by atoms with van der Waals surface area (Å²) in [4.78, 5) is 4.40. The first-order valence-corrected chi connectivity index (χ1v) is 7.65. The maximum atomic E-state index is 12.4. The second-order valence-electron chi connectivity index (χ2n) is 4.67. The minimum absolute atomic E-state index is 0.0925. The molecule has 3 aromatic rings. The number of fused-ring (bicyclic) bond motifs is 1. The van der Waals surface area contributed by atoms with Crippen molar-refractivity contribution in [2.75, 3.05) is 5.43 Å². The van der Waals surface area contributed by atoms with Gasteiger partial charge in [0.05, 0.1) is 15.9 Å². The van der Waals surface area contributed by atoms with E-state index in [4.69, 9.17) is 0 Å². The lowest BCUT2D eigenvalue weighted by Crippen LogP contribution is -2.07. The first-order valence-electron chi connectivity index (χ1n) is 6.83. The molecule has 0 amide bonds. The molecule has 0 unspecified atom stereocenters. The van der Waals surface area contributed by atoms with Crippen molar-refractivity contribution in [3.63, 3.8) is 0 Å². The molecule has 0 atom stereocenters. The van der Waals surface area contributed by atoms with Crippen LogP contribution in [0.15, 0.2) is 53.6 Å². The number of halogens is 2. The highest BCUT2D eigenvalue weighted by Gasteiger charge is 2.11. The van der Waals surface area contributed by atoms with Crippen molar-refractivity contribution in [3.8, 4) is 5.75 Å². The number of aromatic nitrogens is 1. The quantitative estimate of drug-likeness (QED) is 0.542. The number of anilines is 1. The zero-order chi connectivity index (χ0) is 16.2. The highest BCUT2D eigenvalue weighted by Crippen LogP contribution is 2.26. The molecule has 4 nitrogen and oxygen atoms in total. The number of nitrogens with zero attached hydrogens (tertiary/aromatic N) is 2. The van der Waals surface area contributed by atoms with Crippen LogP contribution in [0.2, 0.25) is 0 Å². The van der Waals surface area contributed by atoms with Crippen LogP contribution in [-0.4, -0.2) is 17.3 Å². The van der Waals surface area contributed by atoms with Gasteiger partial charge in [-0.1, -0.05) is 35.6 Å². The molecule has 0 aliphatic rings. The first-order chi connectivity index (χ1) is 11.1. The maximum absolute atomic E-state index is 12.4. The number of para-hydroxylation sites is 2. The number of rotatable bonds is 5. The van der Waals surface area contributed by atoms with E-state index >= 15 is 0 Å². The van der Waals surface area contributed by atoms with E-state index in [9.17, 15) is 8.78 Å². The molecule has 0 saturated heterocycles. The fraction of sp³-hybridized carbons (Fsp3) is 0.125. The van der Waals surface area contributed by atoms with Crippen LogP contribution in [0.4, 0.5) is 13.9 Å². The van der Waals surface area contributed by atoms with Gasteiger partial charge in [0.2, 0.25) is 5.13 Å². The predicted molar refractivity (Wildman–Crippen MR) is 88.5 cm³/mol. The summed E-state index contributed by atoms with van der Waals surface area (Å²) in [5, 5.41) is 4.85. The zero-order valence-electron chi connectivity index (χ0n) is 12.2. The van der Waals surface area contributed by atoms with Gasteiger partial charge in [0.15, 0.2) is 0 Å². The van der Waals surface area contributed by atoms with E-state index in [2.05, 4.69) is 20.2 Å². The SMILES string of the molecule is C/C(=N/Nc1nc2ccccc2s1)c1ccccc1OC(F)F. The molecule has 0 radical (unpaired) electrons.